The summed E-state index contributed by atoms with van der Waals surface area (Å²) >= 11 is 0. The van der Waals surface area contributed by atoms with Crippen LogP contribution in [0.25, 0.3) is 0 Å². The molecule has 3 rings (SSSR count). The molecule has 1 fully saturated rings. The molecule has 4 atom stereocenters. The van der Waals surface area contributed by atoms with Crippen LogP contribution < -0.4 is 11.4 Å². The van der Waals surface area contributed by atoms with Crippen molar-refractivity contribution in [2.75, 3.05) is 12.3 Å². The van der Waals surface area contributed by atoms with E-state index in [1.165, 1.54) is 12.3 Å². The molecule has 0 saturated carbocycles. The van der Waals surface area contributed by atoms with Gasteiger partial charge in [0.25, 0.3) is 0 Å². The van der Waals surface area contributed by atoms with Crippen molar-refractivity contribution in [2.24, 2.45) is 0 Å². The predicted molar refractivity (Wildman–Crippen MR) is 74.6 cm³/mol. The molecule has 0 radical (unpaired) electrons. The van der Waals surface area contributed by atoms with E-state index in [9.17, 15) is 15.0 Å². The maximum absolute atomic E-state index is 11.5. The molecule has 0 bridgehead atoms. The number of furan rings is 1. The van der Waals surface area contributed by atoms with E-state index in [0.717, 1.165) is 4.57 Å². The predicted octanol–water partition coefficient (Wildman–Crippen LogP) is -1.28. The highest BCUT2D eigenvalue weighted by Crippen LogP contribution is 2.27. The lowest BCUT2D eigenvalue weighted by molar-refractivity contribution is -0.0549. The number of aliphatic hydroxyl groups is 3. The summed E-state index contributed by atoms with van der Waals surface area (Å²) in [6, 6.07) is 5.04. The van der Waals surface area contributed by atoms with Gasteiger partial charge in [0, 0.05) is 6.20 Å². The molecule has 0 spiro atoms. The zero-order valence-electron chi connectivity index (χ0n) is 11.5. The Morgan fingerprint density at radius 2 is 1.95 bits per heavy atom. The molecule has 0 unspecified atom stereocenters. The Hall–Kier alpha value is -2.20. The number of nitrogen functional groups attached to an aromatic ring is 1. The van der Waals surface area contributed by atoms with E-state index < -0.39 is 36.8 Å². The van der Waals surface area contributed by atoms with Gasteiger partial charge in [0.2, 0.25) is 0 Å². The molecule has 2 aromatic rings. The SMILES string of the molecule is Nc1ccn([C@@H]2O[C@H](CO)[C@@H](O)[C@H]2O)c(=O)n1.c1ccoc1. The summed E-state index contributed by atoms with van der Waals surface area (Å²) in [6.07, 6.45) is -0.0164. The zero-order valence-corrected chi connectivity index (χ0v) is 11.5. The Bertz CT molecular complexity index is 612. The number of aliphatic hydroxyl groups excluding tert-OH is 3. The first-order valence-electron chi connectivity index (χ1n) is 6.49. The van der Waals surface area contributed by atoms with E-state index in [1.807, 2.05) is 12.1 Å². The van der Waals surface area contributed by atoms with Crippen LogP contribution in [0.2, 0.25) is 0 Å². The normalized spacial score (nSPS) is 27.2. The van der Waals surface area contributed by atoms with E-state index in [-0.39, 0.29) is 5.82 Å². The summed E-state index contributed by atoms with van der Waals surface area (Å²) in [7, 11) is 0. The molecule has 2 aromatic heterocycles. The van der Waals surface area contributed by atoms with Crippen molar-refractivity contribution >= 4 is 5.82 Å². The molecule has 3 heterocycles. The summed E-state index contributed by atoms with van der Waals surface area (Å²) in [4.78, 5) is 15.0. The van der Waals surface area contributed by atoms with Gasteiger partial charge in [0.1, 0.15) is 24.1 Å². The minimum absolute atomic E-state index is 0.0537. The summed E-state index contributed by atoms with van der Waals surface area (Å²) in [5.74, 6) is 0.0537. The van der Waals surface area contributed by atoms with Gasteiger partial charge < -0.3 is 30.2 Å². The summed E-state index contributed by atoms with van der Waals surface area (Å²) in [5, 5.41) is 28.2. The maximum atomic E-state index is 11.5. The maximum Gasteiger partial charge on any atom is 0.351 e. The first-order valence-corrected chi connectivity index (χ1v) is 6.49. The highest BCUT2D eigenvalue weighted by atomic mass is 16.6. The minimum Gasteiger partial charge on any atom is -0.473 e. The number of ether oxygens (including phenoxy) is 1. The number of nitrogens with two attached hydrogens (primary N) is 1. The lowest BCUT2D eigenvalue weighted by Gasteiger charge is -2.16. The average Bonchev–Trinajstić information content (AvgIpc) is 3.14. The largest absolute Gasteiger partial charge is 0.473 e. The van der Waals surface area contributed by atoms with Gasteiger partial charge >= 0.3 is 5.69 Å². The molecule has 0 amide bonds. The lowest BCUT2D eigenvalue weighted by Crippen LogP contribution is -2.36. The molecule has 1 aliphatic rings. The van der Waals surface area contributed by atoms with Crippen molar-refractivity contribution in [1.82, 2.24) is 9.55 Å². The fourth-order valence-corrected chi connectivity index (χ4v) is 1.96. The van der Waals surface area contributed by atoms with Gasteiger partial charge in [-0.25, -0.2) is 4.79 Å². The second-order valence-corrected chi connectivity index (χ2v) is 4.56. The Labute approximate surface area is 125 Å². The monoisotopic (exact) mass is 311 g/mol. The van der Waals surface area contributed by atoms with Gasteiger partial charge in [-0.1, -0.05) is 0 Å². The zero-order chi connectivity index (χ0) is 16.1. The van der Waals surface area contributed by atoms with E-state index in [2.05, 4.69) is 9.40 Å². The summed E-state index contributed by atoms with van der Waals surface area (Å²) in [5.41, 5.74) is 4.63. The van der Waals surface area contributed by atoms with Crippen molar-refractivity contribution in [3.05, 3.63) is 47.4 Å². The first-order chi connectivity index (χ1) is 10.5. The third-order valence-electron chi connectivity index (χ3n) is 3.07. The van der Waals surface area contributed by atoms with E-state index in [4.69, 9.17) is 15.6 Å². The number of hydrogen-bond acceptors (Lipinski definition) is 8. The Kier molecular flexibility index (Phi) is 5.28. The van der Waals surface area contributed by atoms with E-state index >= 15 is 0 Å². The van der Waals surface area contributed by atoms with Gasteiger partial charge in [-0.15, -0.1) is 0 Å². The molecule has 5 N–H and O–H groups in total. The third kappa shape index (κ3) is 3.52. The second-order valence-electron chi connectivity index (χ2n) is 4.56. The van der Waals surface area contributed by atoms with Crippen molar-refractivity contribution in [3.63, 3.8) is 0 Å². The topological polar surface area (TPSA) is 144 Å². The van der Waals surface area contributed by atoms with Crippen LogP contribution in [0.15, 0.2) is 46.1 Å². The van der Waals surface area contributed by atoms with Gasteiger partial charge in [-0.3, -0.25) is 4.57 Å². The van der Waals surface area contributed by atoms with Crippen LogP contribution in [0.3, 0.4) is 0 Å². The molecule has 1 aliphatic heterocycles. The van der Waals surface area contributed by atoms with Crippen LogP contribution in [-0.2, 0) is 4.74 Å². The summed E-state index contributed by atoms with van der Waals surface area (Å²) in [6.45, 7) is -0.453. The highest BCUT2D eigenvalue weighted by molar-refractivity contribution is 5.23. The van der Waals surface area contributed by atoms with Crippen molar-refractivity contribution < 1.29 is 24.5 Å². The summed E-state index contributed by atoms with van der Waals surface area (Å²) < 4.78 is 10.8. The van der Waals surface area contributed by atoms with E-state index in [1.54, 1.807) is 12.5 Å². The van der Waals surface area contributed by atoms with Crippen LogP contribution >= 0.6 is 0 Å². The van der Waals surface area contributed by atoms with Crippen LogP contribution in [0, 0.1) is 0 Å². The molecule has 1 saturated heterocycles. The second kappa shape index (κ2) is 7.18. The number of hydrogen-bond donors (Lipinski definition) is 4. The van der Waals surface area contributed by atoms with Gasteiger partial charge in [-0.05, 0) is 18.2 Å². The van der Waals surface area contributed by atoms with Gasteiger partial charge in [0.15, 0.2) is 6.23 Å². The number of aromatic nitrogens is 2. The smallest absolute Gasteiger partial charge is 0.351 e. The highest BCUT2D eigenvalue weighted by Gasteiger charge is 2.43. The Balaban J connectivity index is 0.000000299. The van der Waals surface area contributed by atoms with Crippen molar-refractivity contribution in [1.29, 1.82) is 0 Å². The fraction of sp³-hybridized carbons (Fsp3) is 0.385. The molecule has 22 heavy (non-hydrogen) atoms. The van der Waals surface area contributed by atoms with Crippen LogP contribution in [-0.4, -0.2) is 49.8 Å². The van der Waals surface area contributed by atoms with E-state index in [0.29, 0.717) is 0 Å². The molecule has 0 aliphatic carbocycles. The molecule has 9 nitrogen and oxygen atoms in total. The number of anilines is 1. The number of nitrogens with zero attached hydrogens (tertiary/aromatic N) is 2. The van der Waals surface area contributed by atoms with Crippen LogP contribution in [0.4, 0.5) is 5.82 Å². The first kappa shape index (κ1) is 16.2. The van der Waals surface area contributed by atoms with Crippen LogP contribution in [0.5, 0.6) is 0 Å². The molecule has 120 valence electrons. The Morgan fingerprint density at radius 3 is 2.41 bits per heavy atom. The fourth-order valence-electron chi connectivity index (χ4n) is 1.96. The van der Waals surface area contributed by atoms with Crippen molar-refractivity contribution in [2.45, 2.75) is 24.5 Å². The standard InChI is InChI=1S/C9H13N3O5.C4H4O/c10-5-1-2-12(9(16)11-5)8-7(15)6(14)4(3-13)17-8;1-2-4-5-3-1/h1-2,4,6-8,13-15H,3H2,(H2,10,11,16);1-4H/t4-,6-,7-,8-;/m1./s1. The molecular weight excluding hydrogens is 294 g/mol. The lowest BCUT2D eigenvalue weighted by atomic mass is 10.1. The number of rotatable bonds is 2. The molecule has 0 aromatic carbocycles. The third-order valence-corrected chi connectivity index (χ3v) is 3.07. The Morgan fingerprint density at radius 1 is 1.27 bits per heavy atom. The average molecular weight is 311 g/mol. The van der Waals surface area contributed by atoms with Gasteiger partial charge in [-0.2, -0.15) is 4.98 Å². The van der Waals surface area contributed by atoms with Crippen LogP contribution in [0.1, 0.15) is 6.23 Å². The molecule has 9 heteroatoms. The molecular formula is C13H17N3O6. The quantitative estimate of drug-likeness (QED) is 0.536. The van der Waals surface area contributed by atoms with Gasteiger partial charge in [0.05, 0.1) is 19.1 Å². The minimum atomic E-state index is -1.31. The van der Waals surface area contributed by atoms with Crippen molar-refractivity contribution in [3.8, 4) is 0 Å².